The molecule has 0 saturated heterocycles. The molecule has 5 nitrogen and oxygen atoms in total. The van der Waals surface area contributed by atoms with Gasteiger partial charge < -0.3 is 10.1 Å². The molecule has 0 radical (unpaired) electrons. The third kappa shape index (κ3) is 6.17. The molecule has 154 valence electrons. The Morgan fingerprint density at radius 3 is 2.50 bits per heavy atom. The predicted molar refractivity (Wildman–Crippen MR) is 121 cm³/mol. The molecule has 2 aromatic heterocycles. The smallest absolute Gasteiger partial charge is 0.130 e. The number of hydrogen-bond donors (Lipinski definition) is 1. The lowest BCUT2D eigenvalue weighted by Gasteiger charge is -2.12. The van der Waals surface area contributed by atoms with Gasteiger partial charge in [-0.05, 0) is 47.0 Å². The van der Waals surface area contributed by atoms with Crippen LogP contribution < -0.4 is 10.1 Å². The molecule has 30 heavy (non-hydrogen) atoms. The summed E-state index contributed by atoms with van der Waals surface area (Å²) in [5, 5.41) is 7.85. The van der Waals surface area contributed by atoms with E-state index in [1.54, 1.807) is 6.20 Å². The van der Waals surface area contributed by atoms with Crippen LogP contribution in [-0.4, -0.2) is 14.8 Å². The van der Waals surface area contributed by atoms with Crippen LogP contribution in [0.2, 0.25) is 0 Å². The standard InChI is InChI=1S/C24H24N4O.ClH/c1-2-9-22(18-28-14-6-13-27-28)21(8-1)17-25-16-20-7-5-11-24(15-20)29-19-23-10-3-4-12-26-23;/h1-15,25H,16-19H2;1H. The second-order valence-electron chi connectivity index (χ2n) is 6.83. The highest BCUT2D eigenvalue weighted by molar-refractivity contribution is 5.85. The molecular formula is C24H25ClN4O. The summed E-state index contributed by atoms with van der Waals surface area (Å²) in [6.07, 6.45) is 5.58. The largest absolute Gasteiger partial charge is 0.487 e. The fourth-order valence-electron chi connectivity index (χ4n) is 3.18. The van der Waals surface area contributed by atoms with Gasteiger partial charge in [0.15, 0.2) is 0 Å². The molecule has 2 aromatic carbocycles. The highest BCUT2D eigenvalue weighted by Crippen LogP contribution is 2.15. The fraction of sp³-hybridized carbons (Fsp3) is 0.167. The van der Waals surface area contributed by atoms with Crippen molar-refractivity contribution >= 4 is 12.4 Å². The third-order valence-electron chi connectivity index (χ3n) is 4.67. The summed E-state index contributed by atoms with van der Waals surface area (Å²) in [7, 11) is 0. The Balaban J connectivity index is 0.00000256. The maximum atomic E-state index is 5.88. The molecule has 0 fully saturated rings. The van der Waals surface area contributed by atoms with E-state index in [1.165, 1.54) is 16.7 Å². The summed E-state index contributed by atoms with van der Waals surface area (Å²) in [5.74, 6) is 0.856. The maximum Gasteiger partial charge on any atom is 0.130 e. The molecule has 0 aliphatic rings. The number of aromatic nitrogens is 3. The SMILES string of the molecule is Cl.c1ccc(COc2cccc(CNCc3ccccc3Cn3cccn3)c2)nc1. The van der Waals surface area contributed by atoms with Crippen molar-refractivity contribution in [3.63, 3.8) is 0 Å². The highest BCUT2D eigenvalue weighted by Gasteiger charge is 2.04. The van der Waals surface area contributed by atoms with Crippen LogP contribution >= 0.6 is 12.4 Å². The number of rotatable bonds is 9. The minimum Gasteiger partial charge on any atom is -0.487 e. The molecule has 0 bridgehead atoms. The van der Waals surface area contributed by atoms with Crippen molar-refractivity contribution in [2.75, 3.05) is 0 Å². The van der Waals surface area contributed by atoms with Crippen LogP contribution in [0, 0.1) is 0 Å². The molecule has 4 rings (SSSR count). The molecule has 0 aliphatic carbocycles. The number of nitrogens with one attached hydrogen (secondary N) is 1. The first kappa shape index (κ1) is 21.6. The van der Waals surface area contributed by atoms with Crippen molar-refractivity contribution in [3.05, 3.63) is 114 Å². The zero-order valence-electron chi connectivity index (χ0n) is 16.6. The van der Waals surface area contributed by atoms with E-state index >= 15 is 0 Å². The van der Waals surface area contributed by atoms with E-state index in [0.29, 0.717) is 6.61 Å². The predicted octanol–water partition coefficient (Wildman–Crippen LogP) is 4.62. The van der Waals surface area contributed by atoms with E-state index in [2.05, 4.69) is 51.8 Å². The number of halogens is 1. The molecule has 0 unspecified atom stereocenters. The van der Waals surface area contributed by atoms with Crippen molar-refractivity contribution in [2.45, 2.75) is 26.2 Å². The highest BCUT2D eigenvalue weighted by atomic mass is 35.5. The molecule has 0 saturated carbocycles. The van der Waals surface area contributed by atoms with Crippen LogP contribution in [0.15, 0.2) is 91.4 Å². The molecule has 0 atom stereocenters. The summed E-state index contributed by atoms with van der Waals surface area (Å²) >= 11 is 0. The molecule has 0 spiro atoms. The Kier molecular flexibility index (Phi) is 8.01. The number of pyridine rings is 1. The molecular weight excluding hydrogens is 396 g/mol. The Hall–Kier alpha value is -3.15. The first-order valence-corrected chi connectivity index (χ1v) is 9.73. The molecule has 6 heteroatoms. The Labute approximate surface area is 183 Å². The lowest BCUT2D eigenvalue weighted by Crippen LogP contribution is -2.15. The topological polar surface area (TPSA) is 52.0 Å². The summed E-state index contributed by atoms with van der Waals surface area (Å²) in [6.45, 7) is 2.83. The van der Waals surface area contributed by atoms with Crippen LogP contribution in [0.3, 0.4) is 0 Å². The normalized spacial score (nSPS) is 10.4. The van der Waals surface area contributed by atoms with Crippen molar-refractivity contribution in [2.24, 2.45) is 0 Å². The summed E-state index contributed by atoms with van der Waals surface area (Å²) in [6, 6.07) is 24.4. The van der Waals surface area contributed by atoms with Crippen molar-refractivity contribution in [3.8, 4) is 5.75 Å². The van der Waals surface area contributed by atoms with Crippen molar-refractivity contribution < 1.29 is 4.74 Å². The van der Waals surface area contributed by atoms with Gasteiger partial charge in [-0.2, -0.15) is 5.10 Å². The van der Waals surface area contributed by atoms with Crippen molar-refractivity contribution in [1.29, 1.82) is 0 Å². The average Bonchev–Trinajstić information content (AvgIpc) is 3.28. The van der Waals surface area contributed by atoms with E-state index in [-0.39, 0.29) is 12.4 Å². The first-order valence-electron chi connectivity index (χ1n) is 9.73. The number of nitrogens with zero attached hydrogens (tertiary/aromatic N) is 3. The van der Waals surface area contributed by atoms with Gasteiger partial charge in [0.05, 0.1) is 12.2 Å². The Bertz CT molecular complexity index is 1020. The van der Waals surface area contributed by atoms with Gasteiger partial charge in [0.2, 0.25) is 0 Å². The second-order valence-corrected chi connectivity index (χ2v) is 6.83. The zero-order chi connectivity index (χ0) is 19.7. The summed E-state index contributed by atoms with van der Waals surface area (Å²) in [5.41, 5.74) is 4.67. The third-order valence-corrected chi connectivity index (χ3v) is 4.67. The molecule has 1 N–H and O–H groups in total. The monoisotopic (exact) mass is 420 g/mol. The van der Waals surface area contributed by atoms with Crippen LogP contribution in [0.1, 0.15) is 22.4 Å². The van der Waals surface area contributed by atoms with Crippen LogP contribution in [-0.2, 0) is 26.2 Å². The first-order chi connectivity index (χ1) is 14.4. The van der Waals surface area contributed by atoms with Gasteiger partial charge in [-0.15, -0.1) is 12.4 Å². The van der Waals surface area contributed by atoms with Gasteiger partial charge in [-0.1, -0.05) is 42.5 Å². The number of hydrogen-bond acceptors (Lipinski definition) is 4. The second kappa shape index (κ2) is 11.1. The molecule has 4 aromatic rings. The van der Waals surface area contributed by atoms with Crippen LogP contribution in [0.25, 0.3) is 0 Å². The minimum atomic E-state index is 0. The van der Waals surface area contributed by atoms with E-state index < -0.39 is 0 Å². The van der Waals surface area contributed by atoms with E-state index in [9.17, 15) is 0 Å². The average molecular weight is 421 g/mol. The Morgan fingerprint density at radius 2 is 1.70 bits per heavy atom. The van der Waals surface area contributed by atoms with E-state index in [1.807, 2.05) is 53.5 Å². The maximum absolute atomic E-state index is 5.88. The molecule has 0 amide bonds. The van der Waals surface area contributed by atoms with Gasteiger partial charge >= 0.3 is 0 Å². The minimum absolute atomic E-state index is 0. The van der Waals surface area contributed by atoms with Crippen LogP contribution in [0.4, 0.5) is 0 Å². The van der Waals surface area contributed by atoms with Gasteiger partial charge in [-0.3, -0.25) is 9.67 Å². The van der Waals surface area contributed by atoms with E-state index in [4.69, 9.17) is 4.74 Å². The van der Waals surface area contributed by atoms with Crippen molar-refractivity contribution in [1.82, 2.24) is 20.1 Å². The van der Waals surface area contributed by atoms with Gasteiger partial charge in [0, 0.05) is 31.7 Å². The summed E-state index contributed by atoms with van der Waals surface area (Å²) < 4.78 is 7.82. The lowest BCUT2D eigenvalue weighted by molar-refractivity contribution is 0.301. The fourth-order valence-corrected chi connectivity index (χ4v) is 3.18. The van der Waals surface area contributed by atoms with Gasteiger partial charge in [-0.25, -0.2) is 0 Å². The van der Waals surface area contributed by atoms with Gasteiger partial charge in [0.25, 0.3) is 0 Å². The van der Waals surface area contributed by atoms with Gasteiger partial charge in [0.1, 0.15) is 12.4 Å². The van der Waals surface area contributed by atoms with E-state index in [0.717, 1.165) is 31.1 Å². The van der Waals surface area contributed by atoms with Crippen LogP contribution in [0.5, 0.6) is 5.75 Å². The summed E-state index contributed by atoms with van der Waals surface area (Å²) in [4.78, 5) is 4.29. The molecule has 0 aliphatic heterocycles. The number of ether oxygens (including phenoxy) is 1. The number of benzene rings is 2. The lowest BCUT2D eigenvalue weighted by atomic mass is 10.1. The molecule has 2 heterocycles. The zero-order valence-corrected chi connectivity index (χ0v) is 17.5. The quantitative estimate of drug-likeness (QED) is 0.429. The Morgan fingerprint density at radius 1 is 0.833 bits per heavy atom.